The quantitative estimate of drug-likeness (QED) is 0.550. The first-order valence-corrected chi connectivity index (χ1v) is 13.3. The summed E-state index contributed by atoms with van der Waals surface area (Å²) >= 11 is 0. The molecule has 3 aliphatic rings. The van der Waals surface area contributed by atoms with Crippen LogP contribution in [0.5, 0.6) is 0 Å². The minimum atomic E-state index is -0.510. The molecule has 1 heterocycles. The Kier molecular flexibility index (Phi) is 7.54. The lowest BCUT2D eigenvalue weighted by Gasteiger charge is -2.46. The number of likely N-dealkylation sites (tertiary alicyclic amines) is 1. The van der Waals surface area contributed by atoms with Crippen LogP contribution in [0.3, 0.4) is 0 Å². The van der Waals surface area contributed by atoms with Gasteiger partial charge in [0.1, 0.15) is 0 Å². The van der Waals surface area contributed by atoms with Gasteiger partial charge in [-0.3, -0.25) is 9.59 Å². The van der Waals surface area contributed by atoms with E-state index >= 15 is 0 Å². The van der Waals surface area contributed by atoms with Gasteiger partial charge in [-0.15, -0.1) is 0 Å². The largest absolute Gasteiger partial charge is 0.465 e. The Morgan fingerprint density at radius 1 is 0.973 bits per heavy atom. The van der Waals surface area contributed by atoms with Gasteiger partial charge < -0.3 is 15.0 Å². The molecule has 0 radical (unpaired) electrons. The number of esters is 1. The first kappa shape index (κ1) is 25.0. The molecule has 2 atom stereocenters. The number of amides is 2. The maximum Gasteiger partial charge on any atom is 0.337 e. The Bertz CT molecular complexity index is 1210. The maximum atomic E-state index is 13.9. The third-order valence-corrected chi connectivity index (χ3v) is 7.84. The van der Waals surface area contributed by atoms with Gasteiger partial charge in [0.15, 0.2) is 0 Å². The molecule has 1 saturated carbocycles. The third kappa shape index (κ3) is 5.10. The van der Waals surface area contributed by atoms with E-state index in [9.17, 15) is 14.4 Å². The van der Waals surface area contributed by atoms with E-state index in [0.29, 0.717) is 17.7 Å². The van der Waals surface area contributed by atoms with Gasteiger partial charge in [-0.05, 0) is 60.9 Å². The first-order chi connectivity index (χ1) is 18.1. The second-order valence-corrected chi connectivity index (χ2v) is 10.1. The number of piperidine rings is 1. The molecule has 0 spiro atoms. The average Bonchev–Trinajstić information content (AvgIpc) is 3.48. The molecule has 1 saturated heterocycles. The summed E-state index contributed by atoms with van der Waals surface area (Å²) in [6.07, 6.45) is 10.5. The van der Waals surface area contributed by atoms with Crippen LogP contribution < -0.4 is 5.32 Å². The smallest absolute Gasteiger partial charge is 0.337 e. The molecule has 1 N–H and O–H groups in total. The van der Waals surface area contributed by atoms with Crippen molar-refractivity contribution < 1.29 is 19.1 Å². The summed E-state index contributed by atoms with van der Waals surface area (Å²) in [5.74, 6) is -0.959. The highest BCUT2D eigenvalue weighted by molar-refractivity contribution is 6.03. The zero-order valence-corrected chi connectivity index (χ0v) is 21.3. The Labute approximate surface area is 218 Å². The summed E-state index contributed by atoms with van der Waals surface area (Å²) in [6.45, 7) is 0.525. The molecule has 192 valence electrons. The molecule has 6 nitrogen and oxygen atoms in total. The van der Waals surface area contributed by atoms with Crippen LogP contribution in [0.1, 0.15) is 66.1 Å². The van der Waals surface area contributed by atoms with Crippen LogP contribution in [-0.2, 0) is 20.7 Å². The van der Waals surface area contributed by atoms with Crippen molar-refractivity contribution in [3.05, 3.63) is 94.6 Å². The molecule has 5 rings (SSSR count). The number of hydrogen-bond donors (Lipinski definition) is 1. The maximum absolute atomic E-state index is 13.9. The van der Waals surface area contributed by atoms with Gasteiger partial charge in [-0.25, -0.2) is 4.79 Å². The predicted molar refractivity (Wildman–Crippen MR) is 142 cm³/mol. The van der Waals surface area contributed by atoms with Crippen LogP contribution in [0.4, 0.5) is 0 Å². The van der Waals surface area contributed by atoms with Crippen LogP contribution in [0.25, 0.3) is 0 Å². The van der Waals surface area contributed by atoms with Crippen LogP contribution in [0.2, 0.25) is 0 Å². The Balaban J connectivity index is 1.51. The van der Waals surface area contributed by atoms with E-state index in [2.05, 4.69) is 23.5 Å². The fourth-order valence-corrected chi connectivity index (χ4v) is 6.03. The van der Waals surface area contributed by atoms with Gasteiger partial charge in [-0.2, -0.15) is 0 Å². The van der Waals surface area contributed by atoms with E-state index in [0.717, 1.165) is 56.1 Å². The molecule has 2 aromatic carbocycles. The Morgan fingerprint density at radius 3 is 2.38 bits per heavy atom. The van der Waals surface area contributed by atoms with Crippen LogP contribution in [-0.4, -0.2) is 42.4 Å². The summed E-state index contributed by atoms with van der Waals surface area (Å²) in [6, 6.07) is 17.0. The Morgan fingerprint density at radius 2 is 1.68 bits per heavy atom. The predicted octanol–water partition coefficient (Wildman–Crippen LogP) is 4.92. The molecule has 0 aromatic heterocycles. The molecular weight excluding hydrogens is 464 g/mol. The highest BCUT2D eigenvalue weighted by Crippen LogP contribution is 2.47. The number of nitrogens with zero attached hydrogens (tertiary/aromatic N) is 1. The molecule has 1 aliphatic heterocycles. The Hall–Kier alpha value is -3.67. The number of carbonyl (C=O) groups excluding carboxylic acids is 3. The standard InChI is InChI=1S/C31H34N2O4/c1-37-31(36)23-17-15-22(16-18-23)28-27(29(34)32-20-19-21-9-3-2-4-10-21)25-13-7-8-14-26(25)30(35)33(28)24-11-5-6-12-24/h2-4,9-10,13-18,24,27-28H,5-8,11-12,19-20H2,1H3,(H,32,34)/t27-,28+/m1/s1. The molecule has 2 aliphatic carbocycles. The van der Waals surface area contributed by atoms with Crippen LogP contribution in [0, 0.1) is 5.92 Å². The van der Waals surface area contributed by atoms with Crippen molar-refractivity contribution in [2.75, 3.05) is 13.7 Å². The van der Waals surface area contributed by atoms with Crippen molar-refractivity contribution in [2.24, 2.45) is 5.92 Å². The molecule has 2 fully saturated rings. The second kappa shape index (κ2) is 11.2. The van der Waals surface area contributed by atoms with Crippen LogP contribution >= 0.6 is 0 Å². The number of rotatable bonds is 7. The van der Waals surface area contributed by atoms with E-state index in [1.54, 1.807) is 12.1 Å². The van der Waals surface area contributed by atoms with Crippen LogP contribution in [0.15, 0.2) is 77.9 Å². The molecule has 0 bridgehead atoms. The van der Waals surface area contributed by atoms with Gasteiger partial charge in [0.2, 0.25) is 5.91 Å². The van der Waals surface area contributed by atoms with Crippen molar-refractivity contribution in [1.82, 2.24) is 10.2 Å². The van der Waals surface area contributed by atoms with Crippen molar-refractivity contribution in [1.29, 1.82) is 0 Å². The summed E-state index contributed by atoms with van der Waals surface area (Å²) in [5, 5.41) is 3.18. The third-order valence-electron chi connectivity index (χ3n) is 7.84. The van der Waals surface area contributed by atoms with Gasteiger partial charge >= 0.3 is 5.97 Å². The highest BCUT2D eigenvalue weighted by atomic mass is 16.5. The van der Waals surface area contributed by atoms with E-state index < -0.39 is 17.9 Å². The lowest BCUT2D eigenvalue weighted by molar-refractivity contribution is -0.138. The fourth-order valence-electron chi connectivity index (χ4n) is 6.03. The molecule has 6 heteroatoms. The first-order valence-electron chi connectivity index (χ1n) is 13.3. The van der Waals surface area contributed by atoms with E-state index in [1.807, 2.05) is 41.3 Å². The number of fused-ring (bicyclic) bond motifs is 1. The zero-order valence-electron chi connectivity index (χ0n) is 21.3. The number of carbonyl (C=O) groups is 3. The normalized spacial score (nSPS) is 21.6. The average molecular weight is 499 g/mol. The van der Waals surface area contributed by atoms with Crippen molar-refractivity contribution in [3.8, 4) is 0 Å². The minimum Gasteiger partial charge on any atom is -0.465 e. The molecular formula is C31H34N2O4. The number of ether oxygens (including phenoxy) is 1. The number of benzene rings is 2. The second-order valence-electron chi connectivity index (χ2n) is 10.1. The summed E-state index contributed by atoms with van der Waals surface area (Å²) in [5.41, 5.74) is 4.00. The number of nitrogens with one attached hydrogen (secondary N) is 1. The van der Waals surface area contributed by atoms with E-state index in [1.165, 1.54) is 12.7 Å². The molecule has 2 aromatic rings. The van der Waals surface area contributed by atoms with Crippen molar-refractivity contribution in [3.63, 3.8) is 0 Å². The number of hydrogen-bond acceptors (Lipinski definition) is 4. The monoisotopic (exact) mass is 498 g/mol. The van der Waals surface area contributed by atoms with Crippen molar-refractivity contribution >= 4 is 17.8 Å². The van der Waals surface area contributed by atoms with Gasteiger partial charge in [0.25, 0.3) is 5.91 Å². The zero-order chi connectivity index (χ0) is 25.8. The highest BCUT2D eigenvalue weighted by Gasteiger charge is 2.49. The fraction of sp³-hybridized carbons (Fsp3) is 0.387. The van der Waals surface area contributed by atoms with Gasteiger partial charge in [0.05, 0.1) is 24.6 Å². The molecule has 2 amide bonds. The molecule has 37 heavy (non-hydrogen) atoms. The lowest BCUT2D eigenvalue weighted by atomic mass is 9.74. The minimum absolute atomic E-state index is 0.0215. The van der Waals surface area contributed by atoms with E-state index in [-0.39, 0.29) is 17.9 Å². The lowest BCUT2D eigenvalue weighted by Crippen LogP contribution is -2.53. The number of methoxy groups -OCH3 is 1. The summed E-state index contributed by atoms with van der Waals surface area (Å²) in [4.78, 5) is 41.9. The van der Waals surface area contributed by atoms with E-state index in [4.69, 9.17) is 4.74 Å². The molecule has 0 unspecified atom stereocenters. The number of allylic oxidation sites excluding steroid dienone is 2. The van der Waals surface area contributed by atoms with Gasteiger partial charge in [0, 0.05) is 18.2 Å². The summed E-state index contributed by atoms with van der Waals surface area (Å²) in [7, 11) is 1.36. The SMILES string of the molecule is COC(=O)c1ccc([C@H]2[C@H](C(=O)NCCc3ccccc3)C3=CCCC=C3C(=O)N2C2CCCC2)cc1. The van der Waals surface area contributed by atoms with Gasteiger partial charge in [-0.1, -0.05) is 67.5 Å². The topological polar surface area (TPSA) is 75.7 Å². The van der Waals surface area contributed by atoms with Crippen molar-refractivity contribution in [2.45, 2.75) is 57.0 Å². The summed E-state index contributed by atoms with van der Waals surface area (Å²) < 4.78 is 4.87.